The molecule has 5 nitrogen and oxygen atoms in total. The van der Waals surface area contributed by atoms with Gasteiger partial charge in [-0.05, 0) is 25.2 Å². The first-order chi connectivity index (χ1) is 9.20. The van der Waals surface area contributed by atoms with Crippen LogP contribution in [0.2, 0.25) is 0 Å². The molecule has 2 N–H and O–H groups in total. The molecule has 0 aromatic rings. The monoisotopic (exact) mass is 294 g/mol. The Kier molecular flexibility index (Phi) is 3.95. The number of amides is 2. The Balaban J connectivity index is 1.76. The number of aliphatic hydroxyl groups is 1. The van der Waals surface area contributed by atoms with Crippen molar-refractivity contribution in [3.8, 4) is 0 Å². The van der Waals surface area contributed by atoms with E-state index in [1.807, 2.05) is 0 Å². The summed E-state index contributed by atoms with van der Waals surface area (Å²) in [5.74, 6) is -1.28. The number of alkyl halides is 3. The van der Waals surface area contributed by atoms with Gasteiger partial charge in [0.15, 0.2) is 0 Å². The Morgan fingerprint density at radius 3 is 2.55 bits per heavy atom. The summed E-state index contributed by atoms with van der Waals surface area (Å²) >= 11 is 0. The molecule has 1 aliphatic heterocycles. The van der Waals surface area contributed by atoms with Crippen molar-refractivity contribution in [2.45, 2.75) is 37.5 Å². The minimum absolute atomic E-state index is 0.170. The van der Waals surface area contributed by atoms with E-state index in [4.69, 9.17) is 0 Å². The van der Waals surface area contributed by atoms with Crippen molar-refractivity contribution in [1.29, 1.82) is 0 Å². The van der Waals surface area contributed by atoms with E-state index in [9.17, 15) is 27.9 Å². The van der Waals surface area contributed by atoms with Crippen molar-refractivity contribution in [1.82, 2.24) is 10.2 Å². The minimum Gasteiger partial charge on any atom is -0.388 e. The van der Waals surface area contributed by atoms with Crippen molar-refractivity contribution in [3.05, 3.63) is 0 Å². The van der Waals surface area contributed by atoms with Crippen LogP contribution in [-0.2, 0) is 9.59 Å². The van der Waals surface area contributed by atoms with Crippen LogP contribution >= 0.6 is 0 Å². The van der Waals surface area contributed by atoms with Gasteiger partial charge in [0.1, 0.15) is 13.0 Å². The molecule has 2 amide bonds. The highest BCUT2D eigenvalue weighted by atomic mass is 19.4. The Labute approximate surface area is 114 Å². The molecule has 0 radical (unpaired) electrons. The Morgan fingerprint density at radius 2 is 2.00 bits per heavy atom. The number of carbonyl (C=O) groups excluding carboxylic acids is 2. The van der Waals surface area contributed by atoms with E-state index >= 15 is 0 Å². The summed E-state index contributed by atoms with van der Waals surface area (Å²) in [5, 5.41) is 11.9. The summed E-state index contributed by atoms with van der Waals surface area (Å²) in [7, 11) is 0. The molecule has 0 bridgehead atoms. The molecule has 1 saturated heterocycles. The van der Waals surface area contributed by atoms with Gasteiger partial charge in [0, 0.05) is 13.1 Å². The third kappa shape index (κ3) is 3.84. The first-order valence-corrected chi connectivity index (χ1v) is 6.53. The smallest absolute Gasteiger partial charge is 0.388 e. The second-order valence-corrected chi connectivity index (χ2v) is 5.51. The van der Waals surface area contributed by atoms with Gasteiger partial charge in [-0.25, -0.2) is 0 Å². The Morgan fingerprint density at radius 1 is 1.35 bits per heavy atom. The van der Waals surface area contributed by atoms with E-state index in [-0.39, 0.29) is 12.5 Å². The second-order valence-electron chi connectivity index (χ2n) is 5.51. The summed E-state index contributed by atoms with van der Waals surface area (Å²) in [6, 6.07) is 0. The van der Waals surface area contributed by atoms with Crippen molar-refractivity contribution < 1.29 is 27.9 Å². The zero-order chi connectivity index (χ0) is 15.0. The van der Waals surface area contributed by atoms with E-state index in [0.717, 1.165) is 12.8 Å². The lowest BCUT2D eigenvalue weighted by Gasteiger charge is -2.23. The maximum Gasteiger partial charge on any atom is 0.405 e. The molecule has 1 heterocycles. The Hall–Kier alpha value is -1.31. The highest BCUT2D eigenvalue weighted by Crippen LogP contribution is 2.44. The molecule has 20 heavy (non-hydrogen) atoms. The summed E-state index contributed by atoms with van der Waals surface area (Å²) in [4.78, 5) is 24.4. The highest BCUT2D eigenvalue weighted by Gasteiger charge is 2.48. The van der Waals surface area contributed by atoms with Crippen LogP contribution in [0.5, 0.6) is 0 Å². The van der Waals surface area contributed by atoms with Crippen LogP contribution in [0.3, 0.4) is 0 Å². The van der Waals surface area contributed by atoms with Gasteiger partial charge >= 0.3 is 6.18 Å². The molecule has 0 aromatic heterocycles. The Bertz CT molecular complexity index is 409. The number of rotatable bonds is 4. The second kappa shape index (κ2) is 5.23. The lowest BCUT2D eigenvalue weighted by atomic mass is 9.97. The van der Waals surface area contributed by atoms with E-state index in [0.29, 0.717) is 13.0 Å². The van der Waals surface area contributed by atoms with Crippen LogP contribution in [0.15, 0.2) is 0 Å². The molecule has 1 atom stereocenters. The molecule has 1 saturated carbocycles. The average Bonchev–Trinajstić information content (AvgIpc) is 3.11. The van der Waals surface area contributed by atoms with Crippen LogP contribution in [0.1, 0.15) is 25.7 Å². The number of likely N-dealkylation sites (tertiary alicyclic amines) is 1. The number of nitrogens with one attached hydrogen (secondary N) is 1. The van der Waals surface area contributed by atoms with Crippen LogP contribution in [0.4, 0.5) is 13.2 Å². The van der Waals surface area contributed by atoms with E-state index in [1.165, 1.54) is 4.90 Å². The standard InChI is InChI=1S/C12H17F3N2O3/c13-12(14,15)6-16-9(18)5-10(19)17-4-3-11(20,7-17)8-1-2-8/h8,20H,1-7H2,(H,16,18). The fraction of sp³-hybridized carbons (Fsp3) is 0.833. The quantitative estimate of drug-likeness (QED) is 0.739. The largest absolute Gasteiger partial charge is 0.405 e. The molecule has 114 valence electrons. The summed E-state index contributed by atoms with van der Waals surface area (Å²) < 4.78 is 35.7. The van der Waals surface area contributed by atoms with Crippen molar-refractivity contribution >= 4 is 11.8 Å². The van der Waals surface area contributed by atoms with Gasteiger partial charge in [0.2, 0.25) is 11.8 Å². The van der Waals surface area contributed by atoms with Gasteiger partial charge in [-0.1, -0.05) is 0 Å². The average molecular weight is 294 g/mol. The predicted molar refractivity (Wildman–Crippen MR) is 62.6 cm³/mol. The topological polar surface area (TPSA) is 69.6 Å². The van der Waals surface area contributed by atoms with E-state index in [2.05, 4.69) is 0 Å². The highest BCUT2D eigenvalue weighted by molar-refractivity contribution is 5.97. The fourth-order valence-electron chi connectivity index (χ4n) is 2.49. The van der Waals surface area contributed by atoms with Crippen molar-refractivity contribution in [2.24, 2.45) is 5.92 Å². The molecular formula is C12H17F3N2O3. The summed E-state index contributed by atoms with van der Waals surface area (Å²) in [6.45, 7) is -0.924. The number of carbonyl (C=O) groups is 2. The number of hydrogen-bond acceptors (Lipinski definition) is 3. The first kappa shape index (κ1) is 15.1. The van der Waals surface area contributed by atoms with Gasteiger partial charge in [0.25, 0.3) is 0 Å². The van der Waals surface area contributed by atoms with Crippen LogP contribution in [-0.4, -0.2) is 53.2 Å². The first-order valence-electron chi connectivity index (χ1n) is 6.53. The van der Waals surface area contributed by atoms with Crippen LogP contribution in [0.25, 0.3) is 0 Å². The van der Waals surface area contributed by atoms with E-state index < -0.39 is 36.6 Å². The number of nitrogens with zero attached hydrogens (tertiary/aromatic N) is 1. The van der Waals surface area contributed by atoms with Gasteiger partial charge in [-0.3, -0.25) is 9.59 Å². The molecule has 1 aliphatic carbocycles. The van der Waals surface area contributed by atoms with Crippen LogP contribution in [0, 0.1) is 5.92 Å². The zero-order valence-corrected chi connectivity index (χ0v) is 10.9. The van der Waals surface area contributed by atoms with E-state index in [1.54, 1.807) is 5.32 Å². The summed E-state index contributed by atoms with van der Waals surface area (Å²) in [6.07, 6.45) is -2.77. The van der Waals surface area contributed by atoms with Crippen molar-refractivity contribution in [3.63, 3.8) is 0 Å². The maximum absolute atomic E-state index is 11.9. The lowest BCUT2D eigenvalue weighted by molar-refractivity contribution is -0.143. The molecule has 2 aliphatic rings. The predicted octanol–water partition coefficient (Wildman–Crippen LogP) is 0.428. The van der Waals surface area contributed by atoms with Gasteiger partial charge < -0.3 is 15.3 Å². The van der Waals surface area contributed by atoms with Crippen molar-refractivity contribution in [2.75, 3.05) is 19.6 Å². The molecular weight excluding hydrogens is 277 g/mol. The minimum atomic E-state index is -4.49. The molecule has 0 spiro atoms. The number of halogens is 3. The molecule has 1 unspecified atom stereocenters. The third-order valence-electron chi connectivity index (χ3n) is 3.77. The molecule has 2 rings (SSSR count). The van der Waals surface area contributed by atoms with Crippen LogP contribution < -0.4 is 5.32 Å². The summed E-state index contributed by atoms with van der Waals surface area (Å²) in [5.41, 5.74) is -0.877. The van der Waals surface area contributed by atoms with Gasteiger partial charge in [-0.2, -0.15) is 13.2 Å². The third-order valence-corrected chi connectivity index (χ3v) is 3.77. The van der Waals surface area contributed by atoms with Gasteiger partial charge in [0.05, 0.1) is 5.60 Å². The van der Waals surface area contributed by atoms with Gasteiger partial charge in [-0.15, -0.1) is 0 Å². The number of hydrogen-bond donors (Lipinski definition) is 2. The molecule has 0 aromatic carbocycles. The molecule has 8 heteroatoms. The zero-order valence-electron chi connectivity index (χ0n) is 10.9. The maximum atomic E-state index is 11.9. The SMILES string of the molecule is O=C(CC(=O)N1CCC(O)(C2CC2)C1)NCC(F)(F)F. The number of β-amino-alcohol motifs (C(OH)–C–C–N with tert-alkyl or cyclic N) is 1. The fourth-order valence-corrected chi connectivity index (χ4v) is 2.49. The molecule has 2 fully saturated rings. The lowest BCUT2D eigenvalue weighted by Crippen LogP contribution is -2.40. The normalized spacial score (nSPS) is 26.7.